The second-order valence-corrected chi connectivity index (χ2v) is 7.02. The van der Waals surface area contributed by atoms with E-state index in [1.54, 1.807) is 11.1 Å². The molecule has 3 rings (SSSR count). The van der Waals surface area contributed by atoms with Gasteiger partial charge in [-0.1, -0.05) is 36.4 Å². The summed E-state index contributed by atoms with van der Waals surface area (Å²) in [4.78, 5) is 24.6. The third-order valence-electron chi connectivity index (χ3n) is 4.88. The quantitative estimate of drug-likeness (QED) is 0.601. The van der Waals surface area contributed by atoms with Gasteiger partial charge < -0.3 is 15.4 Å². The Morgan fingerprint density at radius 3 is 2.66 bits per heavy atom. The van der Waals surface area contributed by atoms with Crippen LogP contribution in [0, 0.1) is 11.3 Å². The van der Waals surface area contributed by atoms with Crippen molar-refractivity contribution in [3.63, 3.8) is 0 Å². The molecular weight excluding hydrogens is 412 g/mol. The Bertz CT molecular complexity index is 1000. The fraction of sp³-hybridized carbons (Fsp3) is 0.381. The molecule has 11 nitrogen and oxygen atoms in total. The number of methoxy groups -OCH3 is 1. The number of hydrogen-bond acceptors (Lipinski definition) is 9. The Morgan fingerprint density at radius 1 is 1.25 bits per heavy atom. The number of nitrogens with one attached hydrogen (secondary N) is 2. The van der Waals surface area contributed by atoms with Gasteiger partial charge in [0.25, 0.3) is 5.91 Å². The van der Waals surface area contributed by atoms with Crippen LogP contribution in [0.5, 0.6) is 5.88 Å². The van der Waals surface area contributed by atoms with Gasteiger partial charge in [-0.15, -0.1) is 10.2 Å². The van der Waals surface area contributed by atoms with Crippen molar-refractivity contribution in [3.05, 3.63) is 53.2 Å². The summed E-state index contributed by atoms with van der Waals surface area (Å²) in [5.74, 6) is -0.434. The molecule has 32 heavy (non-hydrogen) atoms. The molecule has 2 amide bonds. The van der Waals surface area contributed by atoms with Gasteiger partial charge in [0.1, 0.15) is 6.04 Å². The molecule has 2 heterocycles. The lowest BCUT2D eigenvalue weighted by atomic mass is 10.0. The molecule has 2 N–H and O–H groups in total. The molecular formula is C21H24N8O3. The van der Waals surface area contributed by atoms with Crippen molar-refractivity contribution >= 4 is 11.8 Å². The van der Waals surface area contributed by atoms with E-state index in [1.165, 1.54) is 13.2 Å². The van der Waals surface area contributed by atoms with Crippen molar-refractivity contribution in [2.45, 2.75) is 25.4 Å². The summed E-state index contributed by atoms with van der Waals surface area (Å²) in [6, 6.07) is 11.2. The van der Waals surface area contributed by atoms with Crippen LogP contribution in [0.25, 0.3) is 0 Å². The highest BCUT2D eigenvalue weighted by Gasteiger charge is 2.28. The van der Waals surface area contributed by atoms with Crippen molar-refractivity contribution in [1.29, 1.82) is 5.26 Å². The molecule has 0 radical (unpaired) electrons. The topological polar surface area (TPSA) is 145 Å². The summed E-state index contributed by atoms with van der Waals surface area (Å²) in [5, 5.41) is 32.0. The van der Waals surface area contributed by atoms with Gasteiger partial charge in [-0.2, -0.15) is 10.4 Å². The molecule has 2 unspecified atom stereocenters. The fourth-order valence-corrected chi connectivity index (χ4v) is 2.99. The average molecular weight is 436 g/mol. The monoisotopic (exact) mass is 436 g/mol. The van der Waals surface area contributed by atoms with E-state index in [1.807, 2.05) is 31.2 Å². The minimum atomic E-state index is -0.762. The maximum atomic E-state index is 12.5. The Balaban J connectivity index is 1.44. The molecule has 11 heteroatoms. The number of carbonyl (C=O) groups is 2. The third-order valence-corrected chi connectivity index (χ3v) is 4.88. The van der Waals surface area contributed by atoms with Crippen molar-refractivity contribution < 1.29 is 14.3 Å². The van der Waals surface area contributed by atoms with E-state index in [0.29, 0.717) is 18.0 Å². The molecule has 166 valence electrons. The number of hydrogen-bond donors (Lipinski definition) is 2. The Labute approximate surface area is 185 Å². The van der Waals surface area contributed by atoms with Crippen LogP contribution in [0.15, 0.2) is 46.7 Å². The fourth-order valence-electron chi connectivity index (χ4n) is 2.99. The van der Waals surface area contributed by atoms with E-state index < -0.39 is 12.1 Å². The molecule has 1 aliphatic rings. The molecule has 1 aromatic heterocycles. The predicted molar refractivity (Wildman–Crippen MR) is 113 cm³/mol. The normalized spacial score (nSPS) is 15.7. The first-order valence-corrected chi connectivity index (χ1v) is 10.1. The van der Waals surface area contributed by atoms with Gasteiger partial charge in [0.2, 0.25) is 11.8 Å². The molecule has 0 saturated carbocycles. The molecule has 1 aromatic carbocycles. The second-order valence-electron chi connectivity index (χ2n) is 7.02. The van der Waals surface area contributed by atoms with E-state index in [4.69, 9.17) is 4.74 Å². The number of nitrogens with zero attached hydrogens (tertiary/aromatic N) is 6. The Morgan fingerprint density at radius 2 is 2.03 bits per heavy atom. The number of benzene rings is 1. The number of aryl methyl sites for hydroxylation is 1. The first-order valence-electron chi connectivity index (χ1n) is 10.1. The second kappa shape index (κ2) is 10.8. The van der Waals surface area contributed by atoms with Crippen LogP contribution < -0.4 is 15.4 Å². The molecule has 2 aromatic rings. The lowest BCUT2D eigenvalue weighted by Gasteiger charge is -2.16. The Hall–Kier alpha value is -4.07. The van der Waals surface area contributed by atoms with Crippen molar-refractivity contribution in [2.24, 2.45) is 10.3 Å². The standard InChI is InChI=1S/C21H24N8O3/c1-3-14-4-6-15(7-5-14)17(12-22)24-21(31)18-13-29(28-26-18)11-10-23-20(30)16-8-9-19(32-2)27-25-16/h4-9,17-18H,3,10-11,13H2,1-2H3,(H,23,30)(H,24,31). The molecule has 0 fully saturated rings. The van der Waals surface area contributed by atoms with Crippen LogP contribution in [-0.4, -0.2) is 59.8 Å². The van der Waals surface area contributed by atoms with Gasteiger partial charge in [0, 0.05) is 12.6 Å². The molecule has 1 aliphatic heterocycles. The van der Waals surface area contributed by atoms with Gasteiger partial charge in [-0.05, 0) is 23.6 Å². The van der Waals surface area contributed by atoms with Crippen LogP contribution >= 0.6 is 0 Å². The Kier molecular flexibility index (Phi) is 7.64. The zero-order chi connectivity index (χ0) is 22.9. The molecule has 2 atom stereocenters. The summed E-state index contributed by atoms with van der Waals surface area (Å²) in [6.07, 6.45) is 0.899. The molecule has 0 aliphatic carbocycles. The smallest absolute Gasteiger partial charge is 0.271 e. The maximum Gasteiger partial charge on any atom is 0.271 e. The van der Waals surface area contributed by atoms with Crippen LogP contribution in [0.1, 0.15) is 34.6 Å². The minimum absolute atomic E-state index is 0.167. The average Bonchev–Trinajstić information content (AvgIpc) is 3.31. The highest BCUT2D eigenvalue weighted by atomic mass is 16.5. The van der Waals surface area contributed by atoms with Crippen LogP contribution in [0.2, 0.25) is 0 Å². The largest absolute Gasteiger partial charge is 0.480 e. The zero-order valence-electron chi connectivity index (χ0n) is 17.9. The SMILES string of the molecule is CCc1ccc(C(C#N)NC(=O)C2CN(CCNC(=O)c3ccc(OC)nn3)N=N2)cc1. The van der Waals surface area contributed by atoms with E-state index in [2.05, 4.69) is 37.2 Å². The van der Waals surface area contributed by atoms with E-state index >= 15 is 0 Å². The first-order chi connectivity index (χ1) is 15.5. The van der Waals surface area contributed by atoms with Crippen LogP contribution in [-0.2, 0) is 11.2 Å². The number of amides is 2. The van der Waals surface area contributed by atoms with Gasteiger partial charge in [0.05, 0.1) is 26.3 Å². The van der Waals surface area contributed by atoms with Crippen LogP contribution in [0.4, 0.5) is 0 Å². The lowest BCUT2D eigenvalue weighted by molar-refractivity contribution is -0.122. The van der Waals surface area contributed by atoms with E-state index in [0.717, 1.165) is 12.0 Å². The summed E-state index contributed by atoms with van der Waals surface area (Å²) in [5.41, 5.74) is 2.04. The van der Waals surface area contributed by atoms with E-state index in [-0.39, 0.29) is 30.6 Å². The maximum absolute atomic E-state index is 12.5. The molecule has 0 spiro atoms. The summed E-state index contributed by atoms with van der Waals surface area (Å²) < 4.78 is 4.91. The highest BCUT2D eigenvalue weighted by molar-refractivity contribution is 5.92. The lowest BCUT2D eigenvalue weighted by Crippen LogP contribution is -2.40. The van der Waals surface area contributed by atoms with Gasteiger partial charge in [-0.3, -0.25) is 14.6 Å². The van der Waals surface area contributed by atoms with Crippen molar-refractivity contribution in [1.82, 2.24) is 25.8 Å². The summed E-state index contributed by atoms with van der Waals surface area (Å²) in [6.45, 7) is 2.96. The number of nitriles is 1. The van der Waals surface area contributed by atoms with Gasteiger partial charge >= 0.3 is 0 Å². The van der Waals surface area contributed by atoms with Crippen molar-refractivity contribution in [3.8, 4) is 11.9 Å². The minimum Gasteiger partial charge on any atom is -0.480 e. The number of carbonyl (C=O) groups excluding carboxylic acids is 2. The van der Waals surface area contributed by atoms with Gasteiger partial charge in [-0.25, -0.2) is 0 Å². The highest BCUT2D eigenvalue weighted by Crippen LogP contribution is 2.16. The summed E-state index contributed by atoms with van der Waals surface area (Å²) >= 11 is 0. The number of aromatic nitrogens is 2. The molecule has 0 bridgehead atoms. The zero-order valence-corrected chi connectivity index (χ0v) is 17.9. The van der Waals surface area contributed by atoms with Gasteiger partial charge in [0.15, 0.2) is 11.7 Å². The third kappa shape index (κ3) is 5.75. The van der Waals surface area contributed by atoms with E-state index in [9.17, 15) is 14.9 Å². The van der Waals surface area contributed by atoms with Crippen LogP contribution in [0.3, 0.4) is 0 Å². The number of rotatable bonds is 9. The number of ether oxygens (including phenoxy) is 1. The predicted octanol–water partition coefficient (Wildman–Crippen LogP) is 1.21. The molecule has 0 saturated heterocycles. The van der Waals surface area contributed by atoms with Crippen molar-refractivity contribution in [2.75, 3.05) is 26.7 Å². The first kappa shape index (κ1) is 22.6. The summed E-state index contributed by atoms with van der Waals surface area (Å²) in [7, 11) is 1.46.